The SMILES string of the molecule is C[C@H](NC(=O)C(C)(C)C)[C@@H](Oc1ccc2c(cnn2-c2ccc(F)cc2)c1)c1ccccc1. The van der Waals surface area contributed by atoms with Gasteiger partial charge in [-0.1, -0.05) is 51.1 Å². The smallest absolute Gasteiger partial charge is 0.225 e. The van der Waals surface area contributed by atoms with E-state index in [0.717, 1.165) is 22.2 Å². The Hall–Kier alpha value is -3.67. The highest BCUT2D eigenvalue weighted by Crippen LogP contribution is 2.29. The molecular formula is C27H28FN3O2. The van der Waals surface area contributed by atoms with Crippen LogP contribution in [0.3, 0.4) is 0 Å². The number of benzene rings is 3. The topological polar surface area (TPSA) is 56.1 Å². The lowest BCUT2D eigenvalue weighted by Crippen LogP contribution is -2.44. The zero-order valence-corrected chi connectivity index (χ0v) is 19.2. The average molecular weight is 446 g/mol. The lowest BCUT2D eigenvalue weighted by molar-refractivity contribution is -0.129. The van der Waals surface area contributed by atoms with Crippen LogP contribution in [0.15, 0.2) is 79.0 Å². The first-order valence-electron chi connectivity index (χ1n) is 11.0. The number of fused-ring (bicyclic) bond motifs is 1. The van der Waals surface area contributed by atoms with Crippen molar-refractivity contribution in [1.82, 2.24) is 15.1 Å². The van der Waals surface area contributed by atoms with Crippen LogP contribution in [-0.4, -0.2) is 21.7 Å². The summed E-state index contributed by atoms with van der Waals surface area (Å²) in [7, 11) is 0. The summed E-state index contributed by atoms with van der Waals surface area (Å²) in [6.07, 6.45) is 1.38. The number of hydrogen-bond acceptors (Lipinski definition) is 3. The van der Waals surface area contributed by atoms with Gasteiger partial charge in [0.15, 0.2) is 0 Å². The molecule has 6 heteroatoms. The van der Waals surface area contributed by atoms with Gasteiger partial charge in [0.25, 0.3) is 0 Å². The fourth-order valence-electron chi connectivity index (χ4n) is 3.62. The molecule has 1 amide bonds. The monoisotopic (exact) mass is 445 g/mol. The van der Waals surface area contributed by atoms with E-state index in [9.17, 15) is 9.18 Å². The molecule has 2 atom stereocenters. The van der Waals surface area contributed by atoms with Gasteiger partial charge in [0, 0.05) is 10.8 Å². The Bertz CT molecular complexity index is 1240. The number of aromatic nitrogens is 2. The Labute approximate surface area is 193 Å². The third-order valence-corrected chi connectivity index (χ3v) is 5.50. The van der Waals surface area contributed by atoms with Crippen molar-refractivity contribution in [1.29, 1.82) is 0 Å². The minimum atomic E-state index is -0.497. The Morgan fingerprint density at radius 2 is 1.73 bits per heavy atom. The standard InChI is InChI=1S/C27H28FN3O2/c1-18(30-26(32)27(2,3)4)25(19-8-6-5-7-9-19)33-23-14-15-24-20(16-23)17-29-31(24)22-12-10-21(28)11-13-22/h5-18,25H,1-4H3,(H,30,32)/t18-,25+/m0/s1. The van der Waals surface area contributed by atoms with Gasteiger partial charge in [-0.05, 0) is 55.0 Å². The molecule has 0 saturated carbocycles. The first-order valence-corrected chi connectivity index (χ1v) is 11.0. The van der Waals surface area contributed by atoms with Crippen LogP contribution in [0, 0.1) is 11.2 Å². The van der Waals surface area contributed by atoms with Crippen molar-refractivity contribution in [3.05, 3.63) is 90.4 Å². The summed E-state index contributed by atoms with van der Waals surface area (Å²) in [5.41, 5.74) is 2.14. The van der Waals surface area contributed by atoms with E-state index >= 15 is 0 Å². The first kappa shape index (κ1) is 22.5. The summed E-state index contributed by atoms with van der Waals surface area (Å²) in [5, 5.41) is 8.45. The van der Waals surface area contributed by atoms with Crippen molar-refractivity contribution >= 4 is 16.8 Å². The third kappa shape index (κ3) is 5.06. The molecule has 0 aliphatic carbocycles. The minimum Gasteiger partial charge on any atom is -0.484 e. The molecular weight excluding hydrogens is 417 g/mol. The van der Waals surface area contributed by atoms with Crippen LogP contribution >= 0.6 is 0 Å². The normalized spacial score (nSPS) is 13.5. The van der Waals surface area contributed by atoms with E-state index in [-0.39, 0.29) is 23.9 Å². The van der Waals surface area contributed by atoms with Crippen LogP contribution in [0.1, 0.15) is 39.4 Å². The second-order valence-electron chi connectivity index (χ2n) is 9.21. The van der Waals surface area contributed by atoms with Gasteiger partial charge in [0.05, 0.1) is 23.4 Å². The van der Waals surface area contributed by atoms with E-state index in [1.165, 1.54) is 12.1 Å². The number of carbonyl (C=O) groups is 1. The molecule has 3 aromatic carbocycles. The Morgan fingerprint density at radius 3 is 2.39 bits per heavy atom. The molecule has 0 spiro atoms. The zero-order chi connectivity index (χ0) is 23.6. The van der Waals surface area contributed by atoms with Gasteiger partial charge < -0.3 is 10.1 Å². The fraction of sp³-hybridized carbons (Fsp3) is 0.259. The van der Waals surface area contributed by atoms with Crippen molar-refractivity contribution < 1.29 is 13.9 Å². The second-order valence-corrected chi connectivity index (χ2v) is 9.21. The van der Waals surface area contributed by atoms with E-state index in [2.05, 4.69) is 10.4 Å². The number of nitrogens with one attached hydrogen (secondary N) is 1. The lowest BCUT2D eigenvalue weighted by Gasteiger charge is -2.29. The lowest BCUT2D eigenvalue weighted by atomic mass is 9.94. The second kappa shape index (κ2) is 9.06. The highest BCUT2D eigenvalue weighted by Gasteiger charge is 2.28. The zero-order valence-electron chi connectivity index (χ0n) is 19.2. The molecule has 0 radical (unpaired) electrons. The van der Waals surface area contributed by atoms with E-state index in [1.807, 2.05) is 76.2 Å². The van der Waals surface area contributed by atoms with Gasteiger partial charge in [-0.15, -0.1) is 0 Å². The van der Waals surface area contributed by atoms with Crippen molar-refractivity contribution in [2.24, 2.45) is 5.41 Å². The summed E-state index contributed by atoms with van der Waals surface area (Å²) >= 11 is 0. The third-order valence-electron chi connectivity index (χ3n) is 5.50. The maximum absolute atomic E-state index is 13.3. The predicted molar refractivity (Wildman–Crippen MR) is 128 cm³/mol. The summed E-state index contributed by atoms with van der Waals surface area (Å²) in [6.45, 7) is 7.62. The van der Waals surface area contributed by atoms with Crippen molar-refractivity contribution in [3.8, 4) is 11.4 Å². The molecule has 0 unspecified atom stereocenters. The molecule has 5 nitrogen and oxygen atoms in total. The fourth-order valence-corrected chi connectivity index (χ4v) is 3.62. The number of rotatable bonds is 6. The highest BCUT2D eigenvalue weighted by molar-refractivity contribution is 5.82. The molecule has 1 aromatic heterocycles. The van der Waals surface area contributed by atoms with Crippen molar-refractivity contribution in [2.75, 3.05) is 0 Å². The maximum atomic E-state index is 13.3. The Balaban J connectivity index is 1.62. The molecule has 0 bridgehead atoms. The highest BCUT2D eigenvalue weighted by atomic mass is 19.1. The van der Waals surface area contributed by atoms with Crippen LogP contribution < -0.4 is 10.1 Å². The van der Waals surface area contributed by atoms with Gasteiger partial charge in [-0.3, -0.25) is 4.79 Å². The number of hydrogen-bond donors (Lipinski definition) is 1. The van der Waals surface area contributed by atoms with Gasteiger partial charge in [-0.25, -0.2) is 9.07 Å². The molecule has 1 N–H and O–H groups in total. The average Bonchev–Trinajstić information content (AvgIpc) is 3.21. The largest absolute Gasteiger partial charge is 0.484 e. The number of halogens is 1. The van der Waals surface area contributed by atoms with Crippen molar-refractivity contribution in [3.63, 3.8) is 0 Å². The summed E-state index contributed by atoms with van der Waals surface area (Å²) in [6, 6.07) is 21.6. The number of nitrogens with zero attached hydrogens (tertiary/aromatic N) is 2. The van der Waals surface area contributed by atoms with Crippen LogP contribution in [0.5, 0.6) is 5.75 Å². The summed E-state index contributed by atoms with van der Waals surface area (Å²) in [5.74, 6) is 0.355. The minimum absolute atomic E-state index is 0.0319. The molecule has 0 fully saturated rings. The number of carbonyl (C=O) groups excluding carboxylic acids is 1. The van der Waals surface area contributed by atoms with Gasteiger partial charge in [-0.2, -0.15) is 5.10 Å². The molecule has 0 aliphatic rings. The number of ether oxygens (including phenoxy) is 1. The Morgan fingerprint density at radius 1 is 1.03 bits per heavy atom. The van der Waals surface area contributed by atoms with Crippen LogP contribution in [-0.2, 0) is 4.79 Å². The van der Waals surface area contributed by atoms with Crippen LogP contribution in [0.2, 0.25) is 0 Å². The molecule has 33 heavy (non-hydrogen) atoms. The molecule has 4 rings (SSSR count). The molecule has 4 aromatic rings. The first-order chi connectivity index (χ1) is 15.7. The molecule has 170 valence electrons. The molecule has 0 saturated heterocycles. The quantitative estimate of drug-likeness (QED) is 0.406. The maximum Gasteiger partial charge on any atom is 0.225 e. The van der Waals surface area contributed by atoms with E-state index in [0.29, 0.717) is 5.75 Å². The van der Waals surface area contributed by atoms with Gasteiger partial charge in [0.2, 0.25) is 5.91 Å². The van der Waals surface area contributed by atoms with Crippen LogP contribution in [0.25, 0.3) is 16.6 Å². The van der Waals surface area contributed by atoms with Crippen LogP contribution in [0.4, 0.5) is 4.39 Å². The number of amides is 1. The molecule has 1 heterocycles. The summed E-state index contributed by atoms with van der Waals surface area (Å²) in [4.78, 5) is 12.6. The van der Waals surface area contributed by atoms with Crippen molar-refractivity contribution in [2.45, 2.75) is 39.8 Å². The van der Waals surface area contributed by atoms with Gasteiger partial charge >= 0.3 is 0 Å². The van der Waals surface area contributed by atoms with E-state index in [4.69, 9.17) is 4.74 Å². The van der Waals surface area contributed by atoms with Gasteiger partial charge in [0.1, 0.15) is 17.7 Å². The van der Waals surface area contributed by atoms with E-state index < -0.39 is 5.41 Å². The Kier molecular flexibility index (Phi) is 6.18. The summed E-state index contributed by atoms with van der Waals surface area (Å²) < 4.78 is 21.5. The predicted octanol–water partition coefficient (Wildman–Crippen LogP) is 5.84. The molecule has 0 aliphatic heterocycles. The van der Waals surface area contributed by atoms with E-state index in [1.54, 1.807) is 23.0 Å².